The summed E-state index contributed by atoms with van der Waals surface area (Å²) in [5, 5.41) is 10.5. The maximum atomic E-state index is 4.00. The maximum Gasteiger partial charge on any atom is 0.0534 e. The molecule has 0 bridgehead atoms. The predicted octanol–water partition coefficient (Wildman–Crippen LogP) is 3.08. The molecule has 0 radical (unpaired) electrons. The summed E-state index contributed by atoms with van der Waals surface area (Å²) in [6.07, 6.45) is 6.02. The smallest absolute Gasteiger partial charge is 0.0534 e. The molecule has 1 aromatic heterocycles. The van der Waals surface area contributed by atoms with Crippen molar-refractivity contribution in [1.82, 2.24) is 15.5 Å². The number of benzene rings is 1. The molecular weight excluding hydrogens is 222 g/mol. The molecule has 0 spiro atoms. The highest BCUT2D eigenvalue weighted by atomic mass is 15.1. The first-order valence-corrected chi connectivity index (χ1v) is 6.58. The molecule has 3 heteroatoms. The summed E-state index contributed by atoms with van der Waals surface area (Å²) >= 11 is 0. The van der Waals surface area contributed by atoms with Crippen LogP contribution in [0.2, 0.25) is 0 Å². The second kappa shape index (κ2) is 6.36. The van der Waals surface area contributed by atoms with E-state index in [9.17, 15) is 0 Å². The monoisotopic (exact) mass is 243 g/mol. The average Bonchev–Trinajstić information content (AvgIpc) is 2.93. The third kappa shape index (κ3) is 3.44. The highest BCUT2D eigenvalue weighted by Crippen LogP contribution is 2.13. The van der Waals surface area contributed by atoms with Crippen molar-refractivity contribution in [2.75, 3.05) is 0 Å². The number of hydrogen-bond donors (Lipinski definition) is 2. The maximum absolute atomic E-state index is 4.00. The normalized spacial score (nSPS) is 14.3. The summed E-state index contributed by atoms with van der Waals surface area (Å²) in [5.41, 5.74) is 2.60. The van der Waals surface area contributed by atoms with Crippen LogP contribution in [0.5, 0.6) is 0 Å². The Kier molecular flexibility index (Phi) is 4.53. The molecule has 1 aromatic carbocycles. The second-order valence-corrected chi connectivity index (χ2v) is 4.71. The fraction of sp³-hybridized carbons (Fsp3) is 0.400. The summed E-state index contributed by atoms with van der Waals surface area (Å²) in [5.74, 6) is 0. The first-order valence-electron chi connectivity index (χ1n) is 6.58. The van der Waals surface area contributed by atoms with E-state index in [-0.39, 0.29) is 0 Å². The lowest BCUT2D eigenvalue weighted by Gasteiger charge is -2.21. The quantitative estimate of drug-likeness (QED) is 0.818. The van der Waals surface area contributed by atoms with Gasteiger partial charge in [0.15, 0.2) is 0 Å². The molecule has 2 atom stereocenters. The number of H-pyrrole nitrogens is 1. The van der Waals surface area contributed by atoms with Crippen LogP contribution in [-0.2, 0) is 6.42 Å². The minimum atomic E-state index is 0.331. The van der Waals surface area contributed by atoms with Crippen LogP contribution in [0.15, 0.2) is 42.7 Å². The van der Waals surface area contributed by atoms with Crippen LogP contribution in [0, 0.1) is 0 Å². The predicted molar refractivity (Wildman–Crippen MR) is 74.4 cm³/mol. The van der Waals surface area contributed by atoms with Gasteiger partial charge in [0.25, 0.3) is 0 Å². The van der Waals surface area contributed by atoms with Gasteiger partial charge in [0, 0.05) is 23.8 Å². The molecule has 2 aromatic rings. The van der Waals surface area contributed by atoms with E-state index in [1.165, 1.54) is 11.1 Å². The Morgan fingerprint density at radius 3 is 2.67 bits per heavy atom. The molecule has 1 heterocycles. The fourth-order valence-corrected chi connectivity index (χ4v) is 2.17. The molecule has 0 aliphatic heterocycles. The van der Waals surface area contributed by atoms with E-state index in [0.29, 0.717) is 12.1 Å². The topological polar surface area (TPSA) is 40.7 Å². The minimum Gasteiger partial charge on any atom is -0.307 e. The molecule has 0 fully saturated rings. The molecule has 0 aliphatic carbocycles. The van der Waals surface area contributed by atoms with Gasteiger partial charge in [-0.3, -0.25) is 5.10 Å². The molecule has 0 saturated heterocycles. The van der Waals surface area contributed by atoms with Crippen molar-refractivity contribution in [2.24, 2.45) is 0 Å². The van der Waals surface area contributed by atoms with Crippen LogP contribution in [-0.4, -0.2) is 16.2 Å². The van der Waals surface area contributed by atoms with Crippen molar-refractivity contribution in [3.05, 3.63) is 53.9 Å². The molecule has 2 rings (SSSR count). The van der Waals surface area contributed by atoms with Gasteiger partial charge < -0.3 is 5.32 Å². The Morgan fingerprint density at radius 2 is 2.06 bits per heavy atom. The molecule has 0 aliphatic rings. The SMILES string of the molecule is CCC(Cc1ccccc1)NC(C)c1cn[nH]c1. The van der Waals surface area contributed by atoms with Gasteiger partial charge in [0.05, 0.1) is 6.20 Å². The third-order valence-corrected chi connectivity index (χ3v) is 3.32. The Morgan fingerprint density at radius 1 is 1.28 bits per heavy atom. The molecule has 2 N–H and O–H groups in total. The third-order valence-electron chi connectivity index (χ3n) is 3.32. The van der Waals surface area contributed by atoms with Crippen molar-refractivity contribution >= 4 is 0 Å². The van der Waals surface area contributed by atoms with E-state index in [1.807, 2.05) is 12.4 Å². The van der Waals surface area contributed by atoms with Gasteiger partial charge in [0.1, 0.15) is 0 Å². The van der Waals surface area contributed by atoms with Crippen LogP contribution >= 0.6 is 0 Å². The van der Waals surface area contributed by atoms with Crippen LogP contribution in [0.4, 0.5) is 0 Å². The largest absolute Gasteiger partial charge is 0.307 e. The van der Waals surface area contributed by atoms with E-state index < -0.39 is 0 Å². The lowest BCUT2D eigenvalue weighted by molar-refractivity contribution is 0.440. The van der Waals surface area contributed by atoms with Gasteiger partial charge in [-0.05, 0) is 25.3 Å². The zero-order valence-electron chi connectivity index (χ0n) is 11.1. The van der Waals surface area contributed by atoms with Gasteiger partial charge in [0.2, 0.25) is 0 Å². The fourth-order valence-electron chi connectivity index (χ4n) is 2.17. The number of aromatic amines is 1. The summed E-state index contributed by atoms with van der Waals surface area (Å²) in [4.78, 5) is 0. The molecule has 0 amide bonds. The standard InChI is InChI=1S/C15H21N3/c1-3-15(9-13-7-5-4-6-8-13)18-12(2)14-10-16-17-11-14/h4-8,10-12,15,18H,3,9H2,1-2H3,(H,16,17). The summed E-state index contributed by atoms with van der Waals surface area (Å²) < 4.78 is 0. The Balaban J connectivity index is 1.93. The van der Waals surface area contributed by atoms with E-state index in [0.717, 1.165) is 12.8 Å². The minimum absolute atomic E-state index is 0.331. The second-order valence-electron chi connectivity index (χ2n) is 4.71. The molecule has 3 nitrogen and oxygen atoms in total. The van der Waals surface area contributed by atoms with Gasteiger partial charge in [-0.2, -0.15) is 5.10 Å². The molecule has 0 saturated carbocycles. The highest BCUT2D eigenvalue weighted by molar-refractivity contribution is 5.16. The van der Waals surface area contributed by atoms with Gasteiger partial charge >= 0.3 is 0 Å². The summed E-state index contributed by atoms with van der Waals surface area (Å²) in [6, 6.07) is 11.5. The first kappa shape index (κ1) is 12.8. The average molecular weight is 243 g/mol. The first-order chi connectivity index (χ1) is 8.79. The van der Waals surface area contributed by atoms with Crippen LogP contribution in [0.25, 0.3) is 0 Å². The molecule has 18 heavy (non-hydrogen) atoms. The Bertz CT molecular complexity index is 436. The number of aromatic nitrogens is 2. The van der Waals surface area contributed by atoms with E-state index in [1.54, 1.807) is 0 Å². The van der Waals surface area contributed by atoms with E-state index >= 15 is 0 Å². The highest BCUT2D eigenvalue weighted by Gasteiger charge is 2.12. The van der Waals surface area contributed by atoms with Crippen molar-refractivity contribution in [2.45, 2.75) is 38.8 Å². The van der Waals surface area contributed by atoms with E-state index in [2.05, 4.69) is 59.7 Å². The molecule has 2 unspecified atom stereocenters. The van der Waals surface area contributed by atoms with Crippen molar-refractivity contribution in [1.29, 1.82) is 0 Å². The number of nitrogens with zero attached hydrogens (tertiary/aromatic N) is 1. The Hall–Kier alpha value is -1.61. The summed E-state index contributed by atoms with van der Waals surface area (Å²) in [7, 11) is 0. The van der Waals surface area contributed by atoms with Gasteiger partial charge in [-0.15, -0.1) is 0 Å². The number of nitrogens with one attached hydrogen (secondary N) is 2. The van der Waals surface area contributed by atoms with Gasteiger partial charge in [-0.1, -0.05) is 37.3 Å². The zero-order valence-corrected chi connectivity index (χ0v) is 11.1. The van der Waals surface area contributed by atoms with Crippen LogP contribution < -0.4 is 5.32 Å². The van der Waals surface area contributed by atoms with Crippen molar-refractivity contribution in [3.63, 3.8) is 0 Å². The van der Waals surface area contributed by atoms with Gasteiger partial charge in [-0.25, -0.2) is 0 Å². The molecule has 96 valence electrons. The number of hydrogen-bond acceptors (Lipinski definition) is 2. The lowest BCUT2D eigenvalue weighted by atomic mass is 10.0. The zero-order chi connectivity index (χ0) is 12.8. The van der Waals surface area contributed by atoms with Crippen molar-refractivity contribution < 1.29 is 0 Å². The van der Waals surface area contributed by atoms with Crippen LogP contribution in [0.1, 0.15) is 37.4 Å². The summed E-state index contributed by atoms with van der Waals surface area (Å²) in [6.45, 7) is 4.40. The number of rotatable bonds is 6. The van der Waals surface area contributed by atoms with Crippen molar-refractivity contribution in [3.8, 4) is 0 Å². The molecular formula is C15H21N3. The van der Waals surface area contributed by atoms with Crippen LogP contribution in [0.3, 0.4) is 0 Å². The Labute approximate surface area is 109 Å². The van der Waals surface area contributed by atoms with E-state index in [4.69, 9.17) is 0 Å². The lowest BCUT2D eigenvalue weighted by Crippen LogP contribution is -2.32.